The van der Waals surface area contributed by atoms with Gasteiger partial charge in [-0.25, -0.2) is 0 Å². The minimum Gasteiger partial charge on any atom is -0.481 e. The van der Waals surface area contributed by atoms with E-state index in [0.717, 1.165) is 44.9 Å². The number of carboxylic acid groups (broad SMARTS) is 1. The molecule has 0 aliphatic heterocycles. The number of aliphatic carboxylic acids is 1. The maximum absolute atomic E-state index is 10.6. The zero-order valence-corrected chi connectivity index (χ0v) is 16.4. The summed E-state index contributed by atoms with van der Waals surface area (Å²) in [6.45, 7) is 0. The summed E-state index contributed by atoms with van der Waals surface area (Å²) in [4.78, 5) is 10.6. The third-order valence-corrected chi connectivity index (χ3v) is 7.02. The third kappa shape index (κ3) is 5.68. The van der Waals surface area contributed by atoms with Crippen LogP contribution in [0.3, 0.4) is 0 Å². The zero-order chi connectivity index (χ0) is 19.2. The van der Waals surface area contributed by atoms with E-state index in [1.54, 1.807) is 0 Å². The van der Waals surface area contributed by atoms with Gasteiger partial charge in [0, 0.05) is 12.3 Å². The van der Waals surface area contributed by atoms with Gasteiger partial charge in [-0.3, -0.25) is 4.79 Å². The lowest BCUT2D eigenvalue weighted by molar-refractivity contribution is -0.137. The Morgan fingerprint density at radius 3 is 2.74 bits per heavy atom. The molecule has 0 aromatic heterocycles. The number of hydrogen-bond acceptors (Lipinski definition) is 3. The summed E-state index contributed by atoms with van der Waals surface area (Å²) in [7, 11) is 0. The number of fused-ring (bicyclic) bond motifs is 1. The standard InChI is InChI=1S/C23H36O4/c24-21(17-8-2-1-3-9-17)11-6-10-19-20-14-16(7-4-5-12-23(26)27)13-18(20)15-22(19)25/h6,10,13,17-22,24-25H,1-5,7-9,11-12,14-15H2,(H,26,27)/b10-6+/t18-,19-,20-,21?,22+/m0/s1. The molecule has 4 heteroatoms. The van der Waals surface area contributed by atoms with E-state index in [4.69, 9.17) is 5.11 Å². The van der Waals surface area contributed by atoms with Gasteiger partial charge in [0.2, 0.25) is 0 Å². The lowest BCUT2D eigenvalue weighted by atomic mass is 9.83. The number of carboxylic acids is 1. The van der Waals surface area contributed by atoms with Gasteiger partial charge in [0.25, 0.3) is 0 Å². The van der Waals surface area contributed by atoms with Crippen LogP contribution in [0.4, 0.5) is 0 Å². The van der Waals surface area contributed by atoms with Crippen LogP contribution in [0.2, 0.25) is 0 Å². The third-order valence-electron chi connectivity index (χ3n) is 7.02. The molecule has 0 spiro atoms. The van der Waals surface area contributed by atoms with Crippen molar-refractivity contribution < 1.29 is 20.1 Å². The van der Waals surface area contributed by atoms with Crippen molar-refractivity contribution in [2.24, 2.45) is 23.7 Å². The van der Waals surface area contributed by atoms with E-state index in [2.05, 4.69) is 18.2 Å². The highest BCUT2D eigenvalue weighted by atomic mass is 16.4. The van der Waals surface area contributed by atoms with Crippen LogP contribution in [-0.2, 0) is 4.79 Å². The summed E-state index contributed by atoms with van der Waals surface area (Å²) in [6, 6.07) is 0. The van der Waals surface area contributed by atoms with Crippen molar-refractivity contribution in [3.8, 4) is 0 Å². The molecule has 3 N–H and O–H groups in total. The maximum Gasteiger partial charge on any atom is 0.303 e. The molecule has 3 rings (SSSR count). The van der Waals surface area contributed by atoms with Crippen LogP contribution in [0.5, 0.6) is 0 Å². The molecular formula is C23H36O4. The highest BCUT2D eigenvalue weighted by Gasteiger charge is 2.43. The number of aliphatic hydroxyl groups is 2. The Labute approximate surface area is 163 Å². The largest absolute Gasteiger partial charge is 0.481 e. The van der Waals surface area contributed by atoms with Gasteiger partial charge in [0.05, 0.1) is 12.2 Å². The Morgan fingerprint density at radius 1 is 1.22 bits per heavy atom. The molecule has 0 saturated heterocycles. The van der Waals surface area contributed by atoms with Gasteiger partial charge in [-0.05, 0) is 69.1 Å². The zero-order valence-electron chi connectivity index (χ0n) is 16.4. The van der Waals surface area contributed by atoms with Crippen molar-refractivity contribution in [3.63, 3.8) is 0 Å². The Bertz CT molecular complexity index is 547. The predicted molar refractivity (Wildman–Crippen MR) is 106 cm³/mol. The molecule has 0 radical (unpaired) electrons. The van der Waals surface area contributed by atoms with E-state index >= 15 is 0 Å². The molecule has 1 unspecified atom stereocenters. The minimum absolute atomic E-state index is 0.196. The van der Waals surface area contributed by atoms with Gasteiger partial charge in [-0.1, -0.05) is 43.1 Å². The smallest absolute Gasteiger partial charge is 0.303 e. The first-order valence-corrected chi connectivity index (χ1v) is 11.0. The lowest BCUT2D eigenvalue weighted by Crippen LogP contribution is -2.22. The van der Waals surface area contributed by atoms with E-state index < -0.39 is 5.97 Å². The molecule has 0 bridgehead atoms. The van der Waals surface area contributed by atoms with Gasteiger partial charge in [0.1, 0.15) is 0 Å². The van der Waals surface area contributed by atoms with E-state index in [9.17, 15) is 15.0 Å². The molecule has 3 aliphatic rings. The predicted octanol–water partition coefficient (Wildman–Crippen LogP) is 4.46. The minimum atomic E-state index is -0.712. The molecule has 4 nitrogen and oxygen atoms in total. The van der Waals surface area contributed by atoms with E-state index in [0.29, 0.717) is 24.2 Å². The monoisotopic (exact) mass is 376 g/mol. The average Bonchev–Trinajstić information content (AvgIpc) is 3.16. The fourth-order valence-electron chi connectivity index (χ4n) is 5.51. The SMILES string of the molecule is O=C(O)CCCCC1=C[C@H]2C[C@@H](O)[C@@H](/C=C/CC(O)C3CCCCC3)[C@H]2C1. The van der Waals surface area contributed by atoms with Gasteiger partial charge >= 0.3 is 5.97 Å². The van der Waals surface area contributed by atoms with Crippen LogP contribution in [0.25, 0.3) is 0 Å². The topological polar surface area (TPSA) is 77.8 Å². The quantitative estimate of drug-likeness (QED) is 0.410. The van der Waals surface area contributed by atoms with Crippen LogP contribution in [0.1, 0.15) is 77.0 Å². The summed E-state index contributed by atoms with van der Waals surface area (Å²) in [5.41, 5.74) is 1.45. The Hall–Kier alpha value is -1.13. The van der Waals surface area contributed by atoms with E-state index in [1.807, 2.05) is 0 Å². The molecular weight excluding hydrogens is 340 g/mol. The second-order valence-electron chi connectivity index (χ2n) is 8.97. The molecule has 0 aromatic carbocycles. The van der Waals surface area contributed by atoms with Crippen molar-refractivity contribution >= 4 is 5.97 Å². The fourth-order valence-corrected chi connectivity index (χ4v) is 5.51. The fraction of sp³-hybridized carbons (Fsp3) is 0.783. The van der Waals surface area contributed by atoms with Crippen LogP contribution >= 0.6 is 0 Å². The summed E-state index contributed by atoms with van der Waals surface area (Å²) >= 11 is 0. The second kappa shape index (κ2) is 9.88. The molecule has 0 heterocycles. The molecule has 27 heavy (non-hydrogen) atoms. The van der Waals surface area contributed by atoms with Crippen molar-refractivity contribution in [1.29, 1.82) is 0 Å². The first-order valence-electron chi connectivity index (χ1n) is 11.0. The molecule has 5 atom stereocenters. The van der Waals surface area contributed by atoms with Crippen molar-refractivity contribution in [2.75, 3.05) is 0 Å². The highest BCUT2D eigenvalue weighted by Crippen LogP contribution is 2.48. The van der Waals surface area contributed by atoms with Crippen molar-refractivity contribution in [3.05, 3.63) is 23.8 Å². The summed E-state index contributed by atoms with van der Waals surface area (Å²) in [5, 5.41) is 29.6. The van der Waals surface area contributed by atoms with Gasteiger partial charge in [-0.15, -0.1) is 0 Å². The number of carbonyl (C=O) groups is 1. The first kappa shape index (κ1) is 20.6. The maximum atomic E-state index is 10.6. The Balaban J connectivity index is 1.44. The highest BCUT2D eigenvalue weighted by molar-refractivity contribution is 5.66. The van der Waals surface area contributed by atoms with Crippen molar-refractivity contribution in [2.45, 2.75) is 89.3 Å². The summed E-state index contributed by atoms with van der Waals surface area (Å²) < 4.78 is 0. The molecule has 152 valence electrons. The van der Waals surface area contributed by atoms with Crippen LogP contribution in [0.15, 0.2) is 23.8 Å². The molecule has 2 saturated carbocycles. The summed E-state index contributed by atoms with van der Waals surface area (Å²) in [6.07, 6.45) is 17.7. The number of rotatable bonds is 9. The van der Waals surface area contributed by atoms with Gasteiger partial charge < -0.3 is 15.3 Å². The summed E-state index contributed by atoms with van der Waals surface area (Å²) in [5.74, 6) is 0.887. The van der Waals surface area contributed by atoms with E-state index in [-0.39, 0.29) is 24.5 Å². The second-order valence-corrected chi connectivity index (χ2v) is 8.97. The average molecular weight is 377 g/mol. The van der Waals surface area contributed by atoms with Gasteiger partial charge in [0.15, 0.2) is 0 Å². The van der Waals surface area contributed by atoms with Crippen LogP contribution in [-0.4, -0.2) is 33.5 Å². The molecule has 2 fully saturated rings. The molecule has 0 amide bonds. The number of aliphatic hydroxyl groups excluding tert-OH is 2. The first-order chi connectivity index (χ1) is 13.0. The normalized spacial score (nSPS) is 32.6. The Morgan fingerprint density at radius 2 is 2.00 bits per heavy atom. The number of allylic oxidation sites excluding steroid dienone is 2. The lowest BCUT2D eigenvalue weighted by Gasteiger charge is -2.26. The molecule has 0 aromatic rings. The van der Waals surface area contributed by atoms with Crippen molar-refractivity contribution in [1.82, 2.24) is 0 Å². The number of unbranched alkanes of at least 4 members (excludes halogenated alkanes) is 1. The molecule has 3 aliphatic carbocycles. The van der Waals surface area contributed by atoms with Crippen LogP contribution < -0.4 is 0 Å². The van der Waals surface area contributed by atoms with Crippen LogP contribution in [0, 0.1) is 23.7 Å². The Kier molecular flexibility index (Phi) is 7.54. The van der Waals surface area contributed by atoms with E-state index in [1.165, 1.54) is 24.8 Å². The van der Waals surface area contributed by atoms with Gasteiger partial charge in [-0.2, -0.15) is 0 Å². The number of hydrogen-bond donors (Lipinski definition) is 3.